The Bertz CT molecular complexity index is 934. The summed E-state index contributed by atoms with van der Waals surface area (Å²) in [5, 5.41) is 5.11. The summed E-state index contributed by atoms with van der Waals surface area (Å²) < 4.78 is 29.9. The average Bonchev–Trinajstić information content (AvgIpc) is 3.04. The van der Waals surface area contributed by atoms with Gasteiger partial charge in [0, 0.05) is 0 Å². The number of rotatable bonds is 4. The van der Waals surface area contributed by atoms with Crippen LogP contribution in [0.5, 0.6) is 5.75 Å². The number of nitrogens with two attached hydrogens (primary N) is 1. The number of benzene rings is 2. The van der Waals surface area contributed by atoms with Gasteiger partial charge in [-0.2, -0.15) is 0 Å². The van der Waals surface area contributed by atoms with Gasteiger partial charge in [-0.05, 0) is 0 Å². The summed E-state index contributed by atoms with van der Waals surface area (Å²) in [5.74, 6) is 0.810. The molecule has 7 heteroatoms. The molecule has 2 N–H and O–H groups in total. The van der Waals surface area contributed by atoms with Crippen LogP contribution < -0.4 is 9.88 Å². The van der Waals surface area contributed by atoms with Crippen molar-refractivity contribution >= 4 is 24.5 Å². The van der Waals surface area contributed by atoms with Gasteiger partial charge in [-0.1, -0.05) is 0 Å². The first-order valence-corrected chi connectivity index (χ1v) is 9.97. The van der Waals surface area contributed by atoms with Crippen LogP contribution in [-0.2, 0) is 10.0 Å². The van der Waals surface area contributed by atoms with Gasteiger partial charge in [0.1, 0.15) is 0 Å². The van der Waals surface area contributed by atoms with Gasteiger partial charge in [0.2, 0.25) is 0 Å². The van der Waals surface area contributed by atoms with E-state index in [1.54, 1.807) is 19.2 Å². The number of primary sulfonamides is 1. The number of sulfonamides is 1. The maximum absolute atomic E-state index is 11.3. The third-order valence-electron chi connectivity index (χ3n) is 3.29. The van der Waals surface area contributed by atoms with E-state index < -0.39 is 10.0 Å². The van der Waals surface area contributed by atoms with Gasteiger partial charge in [-0.15, -0.1) is 0 Å². The predicted octanol–water partition coefficient (Wildman–Crippen LogP) is 2.13. The van der Waals surface area contributed by atoms with Crippen molar-refractivity contribution in [2.45, 2.75) is 4.90 Å². The normalized spacial score (nSPS) is 11.4. The molecule has 0 spiro atoms. The molecule has 0 aliphatic carbocycles. The SMILES string of the molecule is COc1cccc(-c2cnc(-c3ccc(S(N)(=O)=O)cc3)[se]2)c1. The number of ether oxygens (including phenoxy) is 1. The van der Waals surface area contributed by atoms with Crippen molar-refractivity contribution in [1.29, 1.82) is 0 Å². The summed E-state index contributed by atoms with van der Waals surface area (Å²) in [5.41, 5.74) is 2.00. The fourth-order valence-corrected chi connectivity index (χ4v) is 4.55. The van der Waals surface area contributed by atoms with Crippen LogP contribution in [0.1, 0.15) is 0 Å². The van der Waals surface area contributed by atoms with Crippen molar-refractivity contribution in [3.8, 4) is 25.9 Å². The molecule has 0 fully saturated rings. The van der Waals surface area contributed by atoms with Gasteiger partial charge in [-0.25, -0.2) is 0 Å². The van der Waals surface area contributed by atoms with Gasteiger partial charge in [0.15, 0.2) is 0 Å². The molecule has 2 aromatic carbocycles. The predicted molar refractivity (Wildman–Crippen MR) is 90.0 cm³/mol. The Balaban J connectivity index is 1.92. The van der Waals surface area contributed by atoms with Crippen molar-refractivity contribution < 1.29 is 13.2 Å². The van der Waals surface area contributed by atoms with Crippen molar-refractivity contribution in [2.75, 3.05) is 7.11 Å². The molecule has 5 nitrogen and oxygen atoms in total. The van der Waals surface area contributed by atoms with Crippen molar-refractivity contribution in [2.24, 2.45) is 5.14 Å². The summed E-state index contributed by atoms with van der Waals surface area (Å²) in [6.45, 7) is 0. The van der Waals surface area contributed by atoms with Crippen LogP contribution in [0.25, 0.3) is 20.1 Å². The number of nitrogens with zero attached hydrogens (tertiary/aromatic N) is 1. The zero-order valence-electron chi connectivity index (χ0n) is 12.3. The summed E-state index contributed by atoms with van der Waals surface area (Å²) in [6.07, 6.45) is 1.86. The summed E-state index contributed by atoms with van der Waals surface area (Å²) >= 11 is 0.0511. The van der Waals surface area contributed by atoms with Crippen LogP contribution in [0.4, 0.5) is 0 Å². The van der Waals surface area contributed by atoms with E-state index in [-0.39, 0.29) is 19.4 Å². The zero-order chi connectivity index (χ0) is 16.4. The van der Waals surface area contributed by atoms with Crippen molar-refractivity contribution in [1.82, 2.24) is 4.98 Å². The second kappa shape index (κ2) is 6.29. The second-order valence-corrected chi connectivity index (χ2v) is 8.55. The van der Waals surface area contributed by atoms with E-state index in [1.807, 2.05) is 30.5 Å². The molecule has 3 aromatic rings. The molecule has 118 valence electrons. The second-order valence-electron chi connectivity index (χ2n) is 4.83. The molecule has 3 rings (SSSR count). The van der Waals surface area contributed by atoms with Gasteiger partial charge in [0.05, 0.1) is 0 Å². The van der Waals surface area contributed by atoms with Gasteiger partial charge in [-0.3, -0.25) is 0 Å². The summed E-state index contributed by atoms with van der Waals surface area (Å²) in [4.78, 5) is 4.58. The van der Waals surface area contributed by atoms with Crippen LogP contribution in [0.15, 0.2) is 59.6 Å². The Morgan fingerprint density at radius 2 is 1.83 bits per heavy atom. The van der Waals surface area contributed by atoms with Gasteiger partial charge in [0.25, 0.3) is 0 Å². The Morgan fingerprint density at radius 3 is 2.48 bits per heavy atom. The molecule has 0 amide bonds. The number of methoxy groups -OCH3 is 1. The fourth-order valence-electron chi connectivity index (χ4n) is 2.10. The molecule has 23 heavy (non-hydrogen) atoms. The van der Waals surface area contributed by atoms with E-state index in [0.29, 0.717) is 0 Å². The zero-order valence-corrected chi connectivity index (χ0v) is 14.8. The van der Waals surface area contributed by atoms with Gasteiger partial charge >= 0.3 is 140 Å². The quantitative estimate of drug-likeness (QED) is 0.689. The van der Waals surface area contributed by atoms with Crippen molar-refractivity contribution in [3.05, 3.63) is 54.7 Å². The average molecular weight is 393 g/mol. The molecular formula is C16H14N2O3SSe. The number of hydrogen-bond donors (Lipinski definition) is 1. The molecule has 1 heterocycles. The molecule has 1 aromatic heterocycles. The van der Waals surface area contributed by atoms with E-state index in [2.05, 4.69) is 4.98 Å². The Kier molecular flexibility index (Phi) is 4.37. The van der Waals surface area contributed by atoms with E-state index in [0.717, 1.165) is 25.9 Å². The molecule has 0 aliphatic rings. The summed E-state index contributed by atoms with van der Waals surface area (Å²) in [6, 6.07) is 14.4. The van der Waals surface area contributed by atoms with Crippen LogP contribution in [-0.4, -0.2) is 35.0 Å². The molecule has 0 aliphatic heterocycles. The molecule has 0 saturated carbocycles. The van der Waals surface area contributed by atoms with E-state index >= 15 is 0 Å². The number of aromatic nitrogens is 1. The topological polar surface area (TPSA) is 82.3 Å². The third kappa shape index (κ3) is 3.54. The standard InChI is InChI=1S/C16H14N2O3SSe/c1-21-13-4-2-3-12(9-13)15-10-18-16(23-15)11-5-7-14(8-6-11)22(17,19)20/h2-10H,1H3,(H2,17,19,20). The Labute approximate surface area is 140 Å². The fraction of sp³-hybridized carbons (Fsp3) is 0.0625. The molecular weight excluding hydrogens is 379 g/mol. The van der Waals surface area contributed by atoms with Crippen LogP contribution >= 0.6 is 0 Å². The van der Waals surface area contributed by atoms with Gasteiger partial charge < -0.3 is 0 Å². The third-order valence-corrected chi connectivity index (χ3v) is 6.52. The van der Waals surface area contributed by atoms with Crippen LogP contribution in [0.3, 0.4) is 0 Å². The maximum atomic E-state index is 11.3. The monoisotopic (exact) mass is 394 g/mol. The first-order chi connectivity index (χ1) is 11.0. The molecule has 0 atom stereocenters. The molecule has 0 saturated heterocycles. The van der Waals surface area contributed by atoms with E-state index in [1.165, 1.54) is 12.1 Å². The molecule has 0 radical (unpaired) electrons. The Hall–Kier alpha value is -1.92. The van der Waals surface area contributed by atoms with Crippen molar-refractivity contribution in [3.63, 3.8) is 0 Å². The minimum atomic E-state index is -3.67. The molecule has 0 unspecified atom stereocenters. The minimum absolute atomic E-state index is 0.0511. The Morgan fingerprint density at radius 1 is 1.09 bits per heavy atom. The van der Waals surface area contributed by atoms with E-state index in [4.69, 9.17) is 9.88 Å². The van der Waals surface area contributed by atoms with Crippen LogP contribution in [0.2, 0.25) is 0 Å². The molecule has 0 bridgehead atoms. The first kappa shape index (κ1) is 16.0. The van der Waals surface area contributed by atoms with Crippen LogP contribution in [0, 0.1) is 0 Å². The summed E-state index contributed by atoms with van der Waals surface area (Å²) in [7, 11) is -2.03. The first-order valence-electron chi connectivity index (χ1n) is 6.71. The number of hydrogen-bond acceptors (Lipinski definition) is 4. The van der Waals surface area contributed by atoms with E-state index in [9.17, 15) is 8.42 Å².